The lowest BCUT2D eigenvalue weighted by Gasteiger charge is -2.18. The van der Waals surface area contributed by atoms with Crippen molar-refractivity contribution in [2.45, 2.75) is 32.4 Å². The van der Waals surface area contributed by atoms with Gasteiger partial charge >= 0.3 is 0 Å². The SMILES string of the molecule is C/C(=N\[S+]([O-])C(C)(C)C)c1ccc2nn(C)cc2c1. The fourth-order valence-electron chi connectivity index (χ4n) is 1.69. The molecule has 0 amide bonds. The molecule has 1 unspecified atom stereocenters. The van der Waals surface area contributed by atoms with Gasteiger partial charge in [0.2, 0.25) is 0 Å². The zero-order valence-corrected chi connectivity index (χ0v) is 12.8. The van der Waals surface area contributed by atoms with Gasteiger partial charge in [-0.3, -0.25) is 4.68 Å². The van der Waals surface area contributed by atoms with Crippen LogP contribution in [0.5, 0.6) is 0 Å². The molecule has 0 aliphatic rings. The first kappa shape index (κ1) is 14.1. The monoisotopic (exact) mass is 277 g/mol. The van der Waals surface area contributed by atoms with Gasteiger partial charge in [-0.25, -0.2) is 0 Å². The quantitative estimate of drug-likeness (QED) is 0.626. The Morgan fingerprint density at radius 3 is 2.68 bits per heavy atom. The summed E-state index contributed by atoms with van der Waals surface area (Å²) in [6.07, 6.45) is 1.97. The molecule has 0 fully saturated rings. The van der Waals surface area contributed by atoms with E-state index in [-0.39, 0.29) is 4.75 Å². The van der Waals surface area contributed by atoms with Crippen LogP contribution in [0.15, 0.2) is 28.8 Å². The third kappa shape index (κ3) is 3.16. The zero-order valence-electron chi connectivity index (χ0n) is 12.0. The van der Waals surface area contributed by atoms with Crippen LogP contribution in [0.2, 0.25) is 0 Å². The lowest BCUT2D eigenvalue weighted by atomic mass is 10.1. The third-order valence-corrected chi connectivity index (χ3v) is 4.27. The topological polar surface area (TPSA) is 53.2 Å². The minimum absolute atomic E-state index is 0.334. The summed E-state index contributed by atoms with van der Waals surface area (Å²) in [6.45, 7) is 7.65. The number of rotatable bonds is 2. The van der Waals surface area contributed by atoms with E-state index in [4.69, 9.17) is 0 Å². The van der Waals surface area contributed by atoms with Crippen molar-refractivity contribution >= 4 is 28.0 Å². The van der Waals surface area contributed by atoms with E-state index in [1.165, 1.54) is 0 Å². The summed E-state index contributed by atoms with van der Waals surface area (Å²) < 4.78 is 17.8. The summed E-state index contributed by atoms with van der Waals surface area (Å²) in [5.41, 5.74) is 2.73. The molecular weight excluding hydrogens is 258 g/mol. The predicted molar refractivity (Wildman–Crippen MR) is 80.8 cm³/mol. The van der Waals surface area contributed by atoms with Gasteiger partial charge in [0.1, 0.15) is 16.1 Å². The Morgan fingerprint density at radius 1 is 1.37 bits per heavy atom. The van der Waals surface area contributed by atoms with Gasteiger partial charge in [0.15, 0.2) is 0 Å². The first-order valence-electron chi connectivity index (χ1n) is 6.18. The second-order valence-electron chi connectivity index (χ2n) is 5.61. The Kier molecular flexibility index (Phi) is 3.69. The van der Waals surface area contributed by atoms with Crippen LogP contribution < -0.4 is 0 Å². The van der Waals surface area contributed by atoms with E-state index >= 15 is 0 Å². The molecule has 0 N–H and O–H groups in total. The van der Waals surface area contributed by atoms with Crippen molar-refractivity contribution < 1.29 is 4.55 Å². The van der Waals surface area contributed by atoms with E-state index in [2.05, 4.69) is 9.50 Å². The maximum Gasteiger partial charge on any atom is 0.144 e. The number of hydrogen-bond acceptors (Lipinski definition) is 3. The Labute approximate surface area is 116 Å². The third-order valence-electron chi connectivity index (χ3n) is 2.78. The molecular formula is C14H19N3OS. The van der Waals surface area contributed by atoms with Gasteiger partial charge in [-0.15, -0.1) is 0 Å². The molecule has 0 aliphatic carbocycles. The van der Waals surface area contributed by atoms with Gasteiger partial charge in [-0.2, -0.15) is 5.10 Å². The summed E-state index contributed by atoms with van der Waals surface area (Å²) in [6, 6.07) is 5.96. The van der Waals surface area contributed by atoms with Crippen molar-refractivity contribution in [3.63, 3.8) is 0 Å². The minimum Gasteiger partial charge on any atom is -0.591 e. The fourth-order valence-corrected chi connectivity index (χ4v) is 2.32. The highest BCUT2D eigenvalue weighted by Crippen LogP contribution is 2.20. The van der Waals surface area contributed by atoms with Gasteiger partial charge in [-0.05, 0) is 39.8 Å². The zero-order chi connectivity index (χ0) is 14.2. The van der Waals surface area contributed by atoms with Crippen LogP contribution in [0, 0.1) is 0 Å². The van der Waals surface area contributed by atoms with E-state index in [0.29, 0.717) is 0 Å². The molecule has 102 valence electrons. The Morgan fingerprint density at radius 2 is 2.05 bits per heavy atom. The molecule has 19 heavy (non-hydrogen) atoms. The van der Waals surface area contributed by atoms with Crippen molar-refractivity contribution in [2.24, 2.45) is 11.4 Å². The molecule has 5 heteroatoms. The van der Waals surface area contributed by atoms with E-state index in [0.717, 1.165) is 22.2 Å². The minimum atomic E-state index is -1.23. The summed E-state index contributed by atoms with van der Waals surface area (Å²) in [7, 11) is 1.90. The van der Waals surface area contributed by atoms with Crippen LogP contribution >= 0.6 is 0 Å². The summed E-state index contributed by atoms with van der Waals surface area (Å²) in [4.78, 5) is 0. The Bertz CT molecular complexity index is 625. The molecule has 1 atom stereocenters. The van der Waals surface area contributed by atoms with Crippen molar-refractivity contribution in [1.82, 2.24) is 9.78 Å². The molecule has 1 heterocycles. The van der Waals surface area contributed by atoms with Gasteiger partial charge < -0.3 is 4.55 Å². The van der Waals surface area contributed by atoms with Crippen LogP contribution in [-0.4, -0.2) is 24.8 Å². The molecule has 0 aliphatic heterocycles. The molecule has 2 rings (SSSR count). The van der Waals surface area contributed by atoms with Crippen LogP contribution in [0.1, 0.15) is 33.3 Å². The van der Waals surface area contributed by atoms with E-state index in [1.54, 1.807) is 4.68 Å². The molecule has 2 aromatic rings. The molecule has 0 bridgehead atoms. The van der Waals surface area contributed by atoms with Crippen molar-refractivity contribution in [3.05, 3.63) is 30.0 Å². The lowest BCUT2D eigenvalue weighted by molar-refractivity contribution is 0.561. The van der Waals surface area contributed by atoms with Crippen molar-refractivity contribution in [1.29, 1.82) is 0 Å². The van der Waals surface area contributed by atoms with Crippen LogP contribution in [0.3, 0.4) is 0 Å². The number of aryl methyl sites for hydroxylation is 1. The molecule has 0 spiro atoms. The van der Waals surface area contributed by atoms with Gasteiger partial charge in [-0.1, -0.05) is 10.5 Å². The highest BCUT2D eigenvalue weighted by Gasteiger charge is 2.26. The number of fused-ring (bicyclic) bond motifs is 1. The number of nitrogens with zero attached hydrogens (tertiary/aromatic N) is 3. The maximum atomic E-state index is 12.0. The van der Waals surface area contributed by atoms with E-state index in [9.17, 15) is 4.55 Å². The predicted octanol–water partition coefficient (Wildman–Crippen LogP) is 2.84. The lowest BCUT2D eigenvalue weighted by Crippen LogP contribution is -2.26. The fraction of sp³-hybridized carbons (Fsp3) is 0.429. The highest BCUT2D eigenvalue weighted by molar-refractivity contribution is 7.91. The number of aromatic nitrogens is 2. The summed E-state index contributed by atoms with van der Waals surface area (Å²) >= 11 is -1.23. The maximum absolute atomic E-state index is 12.0. The molecule has 1 aromatic heterocycles. The van der Waals surface area contributed by atoms with Crippen LogP contribution in [0.4, 0.5) is 0 Å². The second kappa shape index (κ2) is 4.98. The van der Waals surface area contributed by atoms with Crippen molar-refractivity contribution in [2.75, 3.05) is 0 Å². The first-order valence-corrected chi connectivity index (χ1v) is 7.29. The molecule has 0 saturated carbocycles. The van der Waals surface area contributed by atoms with Gasteiger partial charge in [0.05, 0.1) is 11.2 Å². The Hall–Kier alpha value is -1.33. The normalized spacial score (nSPS) is 14.9. The standard InChI is InChI=1S/C14H19N3OS/c1-10(16-19(18)14(2,3)4)11-6-7-13-12(8-11)9-17(5)15-13/h6-9H,1-5H3/b16-10+. The van der Waals surface area contributed by atoms with E-state index < -0.39 is 11.4 Å². The number of benzene rings is 1. The largest absolute Gasteiger partial charge is 0.591 e. The molecule has 1 aromatic carbocycles. The van der Waals surface area contributed by atoms with Gasteiger partial charge in [0.25, 0.3) is 0 Å². The summed E-state index contributed by atoms with van der Waals surface area (Å²) in [5, 5.41) is 5.40. The Balaban J connectivity index is 2.35. The molecule has 0 radical (unpaired) electrons. The average Bonchev–Trinajstić information content (AvgIpc) is 2.66. The second-order valence-corrected chi connectivity index (χ2v) is 7.52. The van der Waals surface area contributed by atoms with Crippen LogP contribution in [0.25, 0.3) is 10.9 Å². The van der Waals surface area contributed by atoms with E-state index in [1.807, 2.05) is 59.1 Å². The smallest absolute Gasteiger partial charge is 0.144 e. The van der Waals surface area contributed by atoms with Crippen molar-refractivity contribution in [3.8, 4) is 0 Å². The first-order chi connectivity index (χ1) is 8.77. The molecule has 4 nitrogen and oxygen atoms in total. The number of hydrogen-bond donors (Lipinski definition) is 0. The average molecular weight is 277 g/mol. The van der Waals surface area contributed by atoms with Crippen LogP contribution in [-0.2, 0) is 18.4 Å². The molecule has 0 saturated heterocycles. The highest BCUT2D eigenvalue weighted by atomic mass is 32.2. The van der Waals surface area contributed by atoms with Gasteiger partial charge in [0, 0.05) is 24.2 Å². The summed E-state index contributed by atoms with van der Waals surface area (Å²) in [5.74, 6) is 0.